The van der Waals surface area contributed by atoms with Crippen LogP contribution in [-0.2, 0) is 65.4 Å². The highest BCUT2D eigenvalue weighted by molar-refractivity contribution is 7.47. The number of ether oxygens (including phenoxy) is 4. The molecule has 0 amide bonds. The molecule has 3 N–H and O–H groups in total. The maximum atomic E-state index is 13.0. The normalized spacial score (nSPS) is 14.3. The number of phosphoric acid groups is 2. The monoisotopic (exact) mass is 1380 g/mol. The van der Waals surface area contributed by atoms with Crippen LogP contribution in [0, 0.1) is 17.8 Å². The molecular formula is C75H142O17P2. The number of rotatable bonds is 71. The summed E-state index contributed by atoms with van der Waals surface area (Å²) in [6, 6.07) is 0. The van der Waals surface area contributed by atoms with Gasteiger partial charge in [-0.2, -0.15) is 0 Å². The van der Waals surface area contributed by atoms with Crippen LogP contribution in [0.25, 0.3) is 0 Å². The molecule has 0 radical (unpaired) electrons. The Morgan fingerprint density at radius 3 is 0.862 bits per heavy atom. The van der Waals surface area contributed by atoms with E-state index in [2.05, 4.69) is 72.8 Å². The van der Waals surface area contributed by atoms with Gasteiger partial charge in [0.2, 0.25) is 0 Å². The summed E-state index contributed by atoms with van der Waals surface area (Å²) < 4.78 is 68.3. The van der Waals surface area contributed by atoms with Crippen molar-refractivity contribution in [2.75, 3.05) is 39.6 Å². The first-order chi connectivity index (χ1) is 45.2. The topological polar surface area (TPSA) is 237 Å². The van der Waals surface area contributed by atoms with E-state index in [0.717, 1.165) is 121 Å². The zero-order valence-electron chi connectivity index (χ0n) is 60.9. The minimum atomic E-state index is -4.96. The van der Waals surface area contributed by atoms with Gasteiger partial charge in [-0.3, -0.25) is 37.3 Å². The van der Waals surface area contributed by atoms with Crippen molar-refractivity contribution >= 4 is 39.5 Å². The molecule has 17 nitrogen and oxygen atoms in total. The van der Waals surface area contributed by atoms with Gasteiger partial charge in [0.05, 0.1) is 26.4 Å². The molecule has 0 saturated carbocycles. The van der Waals surface area contributed by atoms with E-state index >= 15 is 0 Å². The third-order valence-electron chi connectivity index (χ3n) is 16.8. The van der Waals surface area contributed by atoms with Gasteiger partial charge in [-0.15, -0.1) is 0 Å². The highest BCUT2D eigenvalue weighted by atomic mass is 31.2. The van der Waals surface area contributed by atoms with Gasteiger partial charge in [-0.25, -0.2) is 9.13 Å². The molecule has 554 valence electrons. The second-order valence-corrected chi connectivity index (χ2v) is 30.7. The Morgan fingerprint density at radius 2 is 0.574 bits per heavy atom. The van der Waals surface area contributed by atoms with Crippen molar-refractivity contribution in [1.82, 2.24) is 0 Å². The summed E-state index contributed by atoms with van der Waals surface area (Å²) in [5.41, 5.74) is 0. The van der Waals surface area contributed by atoms with Gasteiger partial charge < -0.3 is 33.8 Å². The van der Waals surface area contributed by atoms with E-state index in [1.54, 1.807) is 0 Å². The first kappa shape index (κ1) is 91.5. The Labute approximate surface area is 573 Å². The van der Waals surface area contributed by atoms with Crippen LogP contribution in [0.1, 0.15) is 357 Å². The number of esters is 4. The SMILES string of the molecule is CCCCCC/C=C\C=C/CCCCCCCC(=O)O[C@H](COC(=O)CCCCCCCCC(C)C)COP(=O)(O)OCC(O)COP(=O)(O)OC[C@@H](COC(=O)CCCCCCCCC(C)C)OC(=O)CCCCCCCCCCCCCCCCCCCCC(C)C. The molecule has 5 atom stereocenters. The number of hydrogen-bond donors (Lipinski definition) is 3. The predicted molar refractivity (Wildman–Crippen MR) is 381 cm³/mol. The van der Waals surface area contributed by atoms with Crippen molar-refractivity contribution in [3.05, 3.63) is 24.3 Å². The van der Waals surface area contributed by atoms with Crippen LogP contribution in [0.3, 0.4) is 0 Å². The molecule has 94 heavy (non-hydrogen) atoms. The number of carbonyl (C=O) groups excluding carboxylic acids is 4. The van der Waals surface area contributed by atoms with Crippen LogP contribution >= 0.6 is 15.6 Å². The molecule has 3 unspecified atom stereocenters. The molecule has 0 aromatic carbocycles. The lowest BCUT2D eigenvalue weighted by molar-refractivity contribution is -0.161. The smallest absolute Gasteiger partial charge is 0.462 e. The molecular weight excluding hydrogens is 1230 g/mol. The molecule has 0 heterocycles. The summed E-state index contributed by atoms with van der Waals surface area (Å²) in [7, 11) is -9.92. The van der Waals surface area contributed by atoms with Crippen LogP contribution < -0.4 is 0 Å². The molecule has 0 aliphatic heterocycles. The van der Waals surface area contributed by atoms with E-state index in [1.165, 1.54) is 141 Å². The lowest BCUT2D eigenvalue weighted by atomic mass is 10.0. The largest absolute Gasteiger partial charge is 0.472 e. The van der Waals surface area contributed by atoms with Crippen LogP contribution in [0.2, 0.25) is 0 Å². The summed E-state index contributed by atoms with van der Waals surface area (Å²) in [4.78, 5) is 72.6. The van der Waals surface area contributed by atoms with Gasteiger partial charge in [0.1, 0.15) is 19.3 Å². The molecule has 0 fully saturated rings. The molecule has 0 aromatic heterocycles. The number of aliphatic hydroxyl groups is 1. The maximum absolute atomic E-state index is 13.0. The first-order valence-corrected chi connectivity index (χ1v) is 41.2. The Morgan fingerprint density at radius 1 is 0.330 bits per heavy atom. The average molecular weight is 1380 g/mol. The van der Waals surface area contributed by atoms with Gasteiger partial charge in [0, 0.05) is 25.7 Å². The molecule has 0 saturated heterocycles. The third kappa shape index (κ3) is 68.1. The van der Waals surface area contributed by atoms with E-state index in [1.807, 2.05) is 0 Å². The number of phosphoric ester groups is 2. The fourth-order valence-electron chi connectivity index (χ4n) is 10.9. The summed E-state index contributed by atoms with van der Waals surface area (Å²) >= 11 is 0. The number of carbonyl (C=O) groups is 4. The molecule has 0 rings (SSSR count). The van der Waals surface area contributed by atoms with Gasteiger partial charge in [0.25, 0.3) is 0 Å². The summed E-state index contributed by atoms with van der Waals surface area (Å²) in [6.45, 7) is 11.7. The molecule has 0 bridgehead atoms. The standard InChI is InChI=1S/C75H142O17P2/c1-8-9-10-11-12-13-14-15-20-24-27-30-33-44-51-58-74(79)91-70(62-85-72(77)56-49-42-37-35-40-47-54-67(4)5)64-89-93(81,82)87-60-69(76)61-88-94(83,84)90-65-71(63-86-73(78)57-50-43-38-36-41-48-55-68(6)7)92-75(80)59-52-45-34-31-28-25-22-19-17-16-18-21-23-26-29-32-39-46-53-66(2)3/h13-15,20,66-71,76H,8-12,16-19,21-65H2,1-7H3,(H,81,82)(H,83,84)/b14-13-,20-15-/t69?,70-,71-/m1/s1. The van der Waals surface area contributed by atoms with Crippen LogP contribution in [0.15, 0.2) is 24.3 Å². The van der Waals surface area contributed by atoms with E-state index in [-0.39, 0.29) is 25.7 Å². The van der Waals surface area contributed by atoms with Crippen LogP contribution in [0.4, 0.5) is 0 Å². The lowest BCUT2D eigenvalue weighted by Gasteiger charge is -2.21. The van der Waals surface area contributed by atoms with Crippen LogP contribution in [0.5, 0.6) is 0 Å². The Hall–Kier alpha value is -2.46. The van der Waals surface area contributed by atoms with E-state index < -0.39 is 97.5 Å². The van der Waals surface area contributed by atoms with E-state index in [9.17, 15) is 43.2 Å². The Bertz CT molecular complexity index is 1930. The molecule has 0 spiro atoms. The Kier molecular flexibility index (Phi) is 63.5. The average Bonchev–Trinajstić information content (AvgIpc) is 3.01. The number of allylic oxidation sites excluding steroid dienone is 4. The quantitative estimate of drug-likeness (QED) is 0.0169. The zero-order chi connectivity index (χ0) is 69.4. The van der Waals surface area contributed by atoms with Gasteiger partial charge >= 0.3 is 39.5 Å². The fraction of sp³-hybridized carbons (Fsp3) is 0.893. The molecule has 0 aromatic rings. The van der Waals surface area contributed by atoms with Crippen molar-refractivity contribution in [2.24, 2.45) is 17.8 Å². The highest BCUT2D eigenvalue weighted by Gasteiger charge is 2.30. The number of aliphatic hydroxyl groups excluding tert-OH is 1. The second kappa shape index (κ2) is 65.2. The molecule has 19 heteroatoms. The third-order valence-corrected chi connectivity index (χ3v) is 18.7. The van der Waals surface area contributed by atoms with Crippen LogP contribution in [-0.4, -0.2) is 96.7 Å². The lowest BCUT2D eigenvalue weighted by Crippen LogP contribution is -2.30. The van der Waals surface area contributed by atoms with Crippen molar-refractivity contribution in [2.45, 2.75) is 375 Å². The zero-order valence-corrected chi connectivity index (χ0v) is 62.7. The Balaban J connectivity index is 5.18. The minimum absolute atomic E-state index is 0.0836. The number of unbranched alkanes of at least 4 members (excludes halogenated alkanes) is 36. The first-order valence-electron chi connectivity index (χ1n) is 38.2. The second-order valence-electron chi connectivity index (χ2n) is 27.8. The maximum Gasteiger partial charge on any atom is 0.472 e. The summed E-state index contributed by atoms with van der Waals surface area (Å²) in [5, 5.41) is 10.6. The fourth-order valence-corrected chi connectivity index (χ4v) is 12.5. The molecule has 0 aliphatic carbocycles. The number of hydrogen-bond acceptors (Lipinski definition) is 15. The van der Waals surface area contributed by atoms with Crippen molar-refractivity contribution < 1.29 is 80.2 Å². The predicted octanol–water partition coefficient (Wildman–Crippen LogP) is 21.3. The highest BCUT2D eigenvalue weighted by Crippen LogP contribution is 2.45. The summed E-state index contributed by atoms with van der Waals surface area (Å²) in [5.74, 6) is 0.0168. The summed E-state index contributed by atoms with van der Waals surface area (Å²) in [6.07, 6.45) is 54.0. The van der Waals surface area contributed by atoms with E-state index in [0.29, 0.717) is 37.5 Å². The van der Waals surface area contributed by atoms with Gasteiger partial charge in [-0.05, 0) is 69.1 Å². The minimum Gasteiger partial charge on any atom is -0.462 e. The van der Waals surface area contributed by atoms with E-state index in [4.69, 9.17) is 37.0 Å². The van der Waals surface area contributed by atoms with Gasteiger partial charge in [0.15, 0.2) is 12.2 Å². The van der Waals surface area contributed by atoms with Crippen molar-refractivity contribution in [3.8, 4) is 0 Å². The molecule has 0 aliphatic rings. The van der Waals surface area contributed by atoms with Crippen molar-refractivity contribution in [1.29, 1.82) is 0 Å². The van der Waals surface area contributed by atoms with Crippen molar-refractivity contribution in [3.63, 3.8) is 0 Å². The van der Waals surface area contributed by atoms with Gasteiger partial charge in [-0.1, -0.05) is 304 Å².